The fourth-order valence-corrected chi connectivity index (χ4v) is 2.40. The van der Waals surface area contributed by atoms with Crippen LogP contribution in [0.5, 0.6) is 5.75 Å². The zero-order chi connectivity index (χ0) is 14.7. The SMILES string of the molecule is COCc1nc(N)cc(N2CCCOc3ccccc32)n1. The van der Waals surface area contributed by atoms with Crippen molar-refractivity contribution in [2.24, 2.45) is 0 Å². The molecule has 2 N–H and O–H groups in total. The smallest absolute Gasteiger partial charge is 0.158 e. The van der Waals surface area contributed by atoms with Gasteiger partial charge in [-0.1, -0.05) is 12.1 Å². The summed E-state index contributed by atoms with van der Waals surface area (Å²) in [6, 6.07) is 9.72. The standard InChI is InChI=1S/C15H18N4O2/c1-20-10-14-17-13(16)9-15(18-14)19-7-4-8-21-12-6-3-2-5-11(12)19/h2-3,5-6,9H,4,7-8,10H2,1H3,(H2,16,17,18). The van der Waals surface area contributed by atoms with Crippen molar-refractivity contribution in [2.45, 2.75) is 13.0 Å². The second-order valence-electron chi connectivity index (χ2n) is 4.82. The van der Waals surface area contributed by atoms with Crippen LogP contribution in [-0.2, 0) is 11.3 Å². The zero-order valence-corrected chi connectivity index (χ0v) is 12.0. The number of benzene rings is 1. The summed E-state index contributed by atoms with van der Waals surface area (Å²) in [6.45, 7) is 1.85. The third-order valence-corrected chi connectivity index (χ3v) is 3.27. The molecule has 0 spiro atoms. The number of hydrogen-bond donors (Lipinski definition) is 1. The molecule has 6 nitrogen and oxygen atoms in total. The van der Waals surface area contributed by atoms with Gasteiger partial charge in [-0.15, -0.1) is 0 Å². The van der Waals surface area contributed by atoms with Crippen molar-refractivity contribution >= 4 is 17.3 Å². The molecular formula is C15H18N4O2. The molecule has 1 aromatic carbocycles. The van der Waals surface area contributed by atoms with E-state index < -0.39 is 0 Å². The minimum Gasteiger partial charge on any atom is -0.491 e. The summed E-state index contributed by atoms with van der Waals surface area (Å²) in [6.07, 6.45) is 0.915. The van der Waals surface area contributed by atoms with E-state index in [1.807, 2.05) is 24.3 Å². The Morgan fingerprint density at radius 3 is 3.05 bits per heavy atom. The Bertz CT molecular complexity index is 633. The molecule has 0 radical (unpaired) electrons. The fourth-order valence-electron chi connectivity index (χ4n) is 2.40. The van der Waals surface area contributed by atoms with Crippen molar-refractivity contribution in [1.29, 1.82) is 0 Å². The van der Waals surface area contributed by atoms with Crippen LogP contribution in [0.2, 0.25) is 0 Å². The Labute approximate surface area is 123 Å². The maximum atomic E-state index is 5.89. The highest BCUT2D eigenvalue weighted by atomic mass is 16.5. The fraction of sp³-hybridized carbons (Fsp3) is 0.333. The molecule has 2 aromatic rings. The molecule has 1 aliphatic rings. The highest BCUT2D eigenvalue weighted by molar-refractivity contribution is 5.68. The van der Waals surface area contributed by atoms with Gasteiger partial charge >= 0.3 is 0 Å². The Kier molecular flexibility index (Phi) is 3.87. The number of nitrogens with zero attached hydrogens (tertiary/aromatic N) is 3. The number of hydrogen-bond acceptors (Lipinski definition) is 6. The van der Waals surface area contributed by atoms with Crippen LogP contribution in [0.4, 0.5) is 17.3 Å². The molecule has 0 fully saturated rings. The number of aromatic nitrogens is 2. The summed E-state index contributed by atoms with van der Waals surface area (Å²) >= 11 is 0. The van der Waals surface area contributed by atoms with Gasteiger partial charge in [0.2, 0.25) is 0 Å². The van der Waals surface area contributed by atoms with Crippen LogP contribution < -0.4 is 15.4 Å². The molecule has 110 valence electrons. The number of nitrogens with two attached hydrogens (primary N) is 1. The summed E-state index contributed by atoms with van der Waals surface area (Å²) in [7, 11) is 1.61. The molecule has 1 aromatic heterocycles. The van der Waals surface area contributed by atoms with Crippen LogP contribution >= 0.6 is 0 Å². The Balaban J connectivity index is 2.03. The number of methoxy groups -OCH3 is 1. The molecule has 2 heterocycles. The Morgan fingerprint density at radius 2 is 2.19 bits per heavy atom. The maximum absolute atomic E-state index is 5.89. The Morgan fingerprint density at radius 1 is 1.33 bits per heavy atom. The van der Waals surface area contributed by atoms with Crippen LogP contribution in [0.25, 0.3) is 0 Å². The average Bonchev–Trinajstić information content (AvgIpc) is 2.69. The molecular weight excluding hydrogens is 268 g/mol. The summed E-state index contributed by atoms with van der Waals surface area (Å²) in [5, 5.41) is 0. The monoisotopic (exact) mass is 286 g/mol. The van der Waals surface area contributed by atoms with Gasteiger partial charge in [-0.3, -0.25) is 0 Å². The topological polar surface area (TPSA) is 73.5 Å². The first kappa shape index (κ1) is 13.6. The Hall–Kier alpha value is -2.34. The normalized spacial score (nSPS) is 14.2. The number of fused-ring (bicyclic) bond motifs is 1. The molecule has 0 aliphatic carbocycles. The lowest BCUT2D eigenvalue weighted by atomic mass is 10.2. The van der Waals surface area contributed by atoms with Crippen molar-refractivity contribution in [3.8, 4) is 5.75 Å². The number of para-hydroxylation sites is 2. The van der Waals surface area contributed by atoms with E-state index in [0.717, 1.165) is 30.2 Å². The lowest BCUT2D eigenvalue weighted by molar-refractivity contribution is 0.178. The molecule has 3 rings (SSSR count). The minimum absolute atomic E-state index is 0.337. The third-order valence-electron chi connectivity index (χ3n) is 3.27. The first-order valence-corrected chi connectivity index (χ1v) is 6.89. The molecule has 0 unspecified atom stereocenters. The van der Waals surface area contributed by atoms with E-state index in [-0.39, 0.29) is 0 Å². The van der Waals surface area contributed by atoms with E-state index in [2.05, 4.69) is 14.9 Å². The lowest BCUT2D eigenvalue weighted by Gasteiger charge is -2.23. The third kappa shape index (κ3) is 2.90. The predicted molar refractivity (Wildman–Crippen MR) is 80.7 cm³/mol. The van der Waals surface area contributed by atoms with E-state index in [9.17, 15) is 0 Å². The van der Waals surface area contributed by atoms with Gasteiger partial charge in [0.05, 0.1) is 12.3 Å². The predicted octanol–water partition coefficient (Wildman–Crippen LogP) is 2.13. The first-order chi connectivity index (χ1) is 10.3. The molecule has 6 heteroatoms. The van der Waals surface area contributed by atoms with Gasteiger partial charge in [-0.25, -0.2) is 9.97 Å². The molecule has 0 saturated heterocycles. The van der Waals surface area contributed by atoms with Crippen molar-refractivity contribution in [2.75, 3.05) is 30.9 Å². The van der Waals surface area contributed by atoms with Gasteiger partial charge in [0, 0.05) is 19.7 Å². The van der Waals surface area contributed by atoms with Crippen LogP contribution in [0.1, 0.15) is 12.2 Å². The molecule has 0 amide bonds. The number of rotatable bonds is 3. The number of anilines is 3. The van der Waals surface area contributed by atoms with Crippen molar-refractivity contribution < 1.29 is 9.47 Å². The van der Waals surface area contributed by atoms with E-state index in [1.54, 1.807) is 13.2 Å². The van der Waals surface area contributed by atoms with Gasteiger partial charge < -0.3 is 20.1 Å². The summed E-state index contributed by atoms with van der Waals surface area (Å²) in [4.78, 5) is 10.8. The molecule has 21 heavy (non-hydrogen) atoms. The number of nitrogen functional groups attached to an aromatic ring is 1. The highest BCUT2D eigenvalue weighted by Gasteiger charge is 2.19. The highest BCUT2D eigenvalue weighted by Crippen LogP contribution is 2.35. The van der Waals surface area contributed by atoms with E-state index in [1.165, 1.54) is 0 Å². The summed E-state index contributed by atoms with van der Waals surface area (Å²) < 4.78 is 10.9. The van der Waals surface area contributed by atoms with E-state index >= 15 is 0 Å². The van der Waals surface area contributed by atoms with Crippen LogP contribution in [-0.4, -0.2) is 30.2 Å². The largest absolute Gasteiger partial charge is 0.491 e. The van der Waals surface area contributed by atoms with Crippen LogP contribution in [0.3, 0.4) is 0 Å². The first-order valence-electron chi connectivity index (χ1n) is 6.89. The average molecular weight is 286 g/mol. The van der Waals surface area contributed by atoms with Crippen molar-refractivity contribution in [1.82, 2.24) is 9.97 Å². The minimum atomic E-state index is 0.337. The molecule has 0 saturated carbocycles. The lowest BCUT2D eigenvalue weighted by Crippen LogP contribution is -2.20. The summed E-state index contributed by atoms with van der Waals surface area (Å²) in [5.41, 5.74) is 6.89. The quantitative estimate of drug-likeness (QED) is 0.931. The second kappa shape index (κ2) is 5.97. The van der Waals surface area contributed by atoms with Gasteiger partial charge in [0.15, 0.2) is 5.82 Å². The van der Waals surface area contributed by atoms with E-state index in [0.29, 0.717) is 24.9 Å². The van der Waals surface area contributed by atoms with Gasteiger partial charge in [0.1, 0.15) is 24.0 Å². The van der Waals surface area contributed by atoms with E-state index in [4.69, 9.17) is 15.2 Å². The zero-order valence-electron chi connectivity index (χ0n) is 12.0. The van der Waals surface area contributed by atoms with Crippen molar-refractivity contribution in [3.05, 3.63) is 36.2 Å². The van der Waals surface area contributed by atoms with Crippen LogP contribution in [0.15, 0.2) is 30.3 Å². The summed E-state index contributed by atoms with van der Waals surface area (Å²) in [5.74, 6) is 2.65. The van der Waals surface area contributed by atoms with Gasteiger partial charge in [0.25, 0.3) is 0 Å². The molecule has 0 atom stereocenters. The van der Waals surface area contributed by atoms with Gasteiger partial charge in [-0.05, 0) is 18.6 Å². The van der Waals surface area contributed by atoms with Crippen LogP contribution in [0, 0.1) is 0 Å². The molecule has 0 bridgehead atoms. The van der Waals surface area contributed by atoms with Crippen molar-refractivity contribution in [3.63, 3.8) is 0 Å². The molecule has 1 aliphatic heterocycles. The second-order valence-corrected chi connectivity index (χ2v) is 4.82. The number of ether oxygens (including phenoxy) is 2. The van der Waals surface area contributed by atoms with Gasteiger partial charge in [-0.2, -0.15) is 0 Å². The maximum Gasteiger partial charge on any atom is 0.158 e.